The molecule has 0 spiro atoms. The summed E-state index contributed by atoms with van der Waals surface area (Å²) in [4.78, 5) is 27.7. The molecule has 0 aliphatic carbocycles. The lowest BCUT2D eigenvalue weighted by Crippen LogP contribution is -2.29. The van der Waals surface area contributed by atoms with Gasteiger partial charge in [-0.1, -0.05) is 18.2 Å². The third-order valence-corrected chi connectivity index (χ3v) is 5.66. The molecule has 1 aromatic heterocycles. The van der Waals surface area contributed by atoms with Crippen LogP contribution in [0.4, 0.5) is 5.69 Å². The summed E-state index contributed by atoms with van der Waals surface area (Å²) in [5, 5.41) is 11.2. The Morgan fingerprint density at radius 1 is 1.03 bits per heavy atom. The molecule has 6 heteroatoms. The van der Waals surface area contributed by atoms with Gasteiger partial charge in [-0.2, -0.15) is 0 Å². The van der Waals surface area contributed by atoms with E-state index in [1.807, 2.05) is 26.8 Å². The number of aliphatic hydroxyl groups is 1. The summed E-state index contributed by atoms with van der Waals surface area (Å²) in [6.07, 6.45) is 0. The molecule has 0 saturated carbocycles. The fourth-order valence-corrected chi connectivity index (χ4v) is 3.90. The van der Waals surface area contributed by atoms with Crippen molar-refractivity contribution in [2.45, 2.75) is 33.7 Å². The number of ether oxygens (including phenoxy) is 1. The zero-order valence-electron chi connectivity index (χ0n) is 18.5. The van der Waals surface area contributed by atoms with E-state index in [1.54, 1.807) is 55.5 Å². The van der Waals surface area contributed by atoms with Gasteiger partial charge in [0.05, 0.1) is 12.2 Å². The maximum absolute atomic E-state index is 13.2. The van der Waals surface area contributed by atoms with E-state index in [0.717, 1.165) is 11.1 Å². The Hall–Kier alpha value is -3.80. The van der Waals surface area contributed by atoms with Crippen LogP contribution in [0.3, 0.4) is 0 Å². The molecule has 1 atom stereocenters. The van der Waals surface area contributed by atoms with Crippen LogP contribution in [0.1, 0.15) is 41.2 Å². The summed E-state index contributed by atoms with van der Waals surface area (Å²) >= 11 is 0. The molecular weight excluding hydrogens is 406 g/mol. The van der Waals surface area contributed by atoms with Gasteiger partial charge < -0.3 is 14.3 Å². The molecule has 1 aliphatic rings. The average molecular weight is 431 g/mol. The highest BCUT2D eigenvalue weighted by molar-refractivity contribution is 6.51. The standard InChI is InChI=1S/C26H25NO5/c1-5-31-20-8-6-7-19(14-20)27-23(21-12-10-17(4)32-21)22(25(29)26(27)30)24(28)18-11-9-15(2)16(3)13-18/h6-14,23,28H,5H2,1-4H3/b24-22-. The van der Waals surface area contributed by atoms with Gasteiger partial charge in [0.15, 0.2) is 0 Å². The van der Waals surface area contributed by atoms with Gasteiger partial charge in [0, 0.05) is 17.3 Å². The minimum atomic E-state index is -0.901. The minimum Gasteiger partial charge on any atom is -0.507 e. The zero-order chi connectivity index (χ0) is 23.0. The number of aryl methyl sites for hydroxylation is 3. The molecule has 1 fully saturated rings. The number of carbonyl (C=O) groups is 2. The first-order valence-electron chi connectivity index (χ1n) is 10.5. The second-order valence-corrected chi connectivity index (χ2v) is 7.85. The fourth-order valence-electron chi connectivity index (χ4n) is 3.90. The van der Waals surface area contributed by atoms with Crippen LogP contribution in [0.15, 0.2) is 64.6 Å². The van der Waals surface area contributed by atoms with Crippen molar-refractivity contribution >= 4 is 23.1 Å². The number of ketones is 1. The normalized spacial score (nSPS) is 17.8. The molecule has 0 bridgehead atoms. The van der Waals surface area contributed by atoms with Crippen molar-refractivity contribution in [2.75, 3.05) is 11.5 Å². The lowest BCUT2D eigenvalue weighted by Gasteiger charge is -2.24. The van der Waals surface area contributed by atoms with E-state index in [9.17, 15) is 14.7 Å². The maximum Gasteiger partial charge on any atom is 0.300 e. The van der Waals surface area contributed by atoms with Gasteiger partial charge in [-0.05, 0) is 69.2 Å². The molecule has 1 amide bonds. The van der Waals surface area contributed by atoms with E-state index in [4.69, 9.17) is 9.15 Å². The van der Waals surface area contributed by atoms with Crippen molar-refractivity contribution in [3.8, 4) is 5.75 Å². The van der Waals surface area contributed by atoms with E-state index in [-0.39, 0.29) is 11.3 Å². The predicted molar refractivity (Wildman–Crippen MR) is 122 cm³/mol. The molecular formula is C26H25NO5. The Bertz CT molecular complexity index is 1240. The Morgan fingerprint density at radius 3 is 2.47 bits per heavy atom. The number of furan rings is 1. The molecule has 1 unspecified atom stereocenters. The van der Waals surface area contributed by atoms with Gasteiger partial charge in [-0.3, -0.25) is 14.5 Å². The van der Waals surface area contributed by atoms with Crippen molar-refractivity contribution in [1.82, 2.24) is 0 Å². The summed E-state index contributed by atoms with van der Waals surface area (Å²) in [6, 6.07) is 15.0. The molecule has 0 radical (unpaired) electrons. The van der Waals surface area contributed by atoms with Gasteiger partial charge in [0.25, 0.3) is 11.7 Å². The summed E-state index contributed by atoms with van der Waals surface area (Å²) in [5.41, 5.74) is 2.99. The van der Waals surface area contributed by atoms with Crippen LogP contribution >= 0.6 is 0 Å². The molecule has 1 saturated heterocycles. The first-order valence-corrected chi connectivity index (χ1v) is 10.5. The van der Waals surface area contributed by atoms with Crippen LogP contribution in [0, 0.1) is 20.8 Å². The number of hydrogen-bond acceptors (Lipinski definition) is 5. The van der Waals surface area contributed by atoms with Crippen molar-refractivity contribution in [1.29, 1.82) is 0 Å². The molecule has 3 aromatic rings. The number of rotatable bonds is 5. The van der Waals surface area contributed by atoms with Crippen molar-refractivity contribution in [3.63, 3.8) is 0 Å². The SMILES string of the molecule is CCOc1cccc(N2C(=O)C(=O)/C(=C(\O)c3ccc(C)c(C)c3)C2c2ccc(C)o2)c1. The second kappa shape index (κ2) is 8.38. The van der Waals surface area contributed by atoms with Gasteiger partial charge in [0.1, 0.15) is 29.1 Å². The number of carbonyl (C=O) groups excluding carboxylic acids is 2. The van der Waals surface area contributed by atoms with Crippen LogP contribution in [0.25, 0.3) is 5.76 Å². The van der Waals surface area contributed by atoms with Gasteiger partial charge in [-0.25, -0.2) is 0 Å². The van der Waals surface area contributed by atoms with E-state index in [0.29, 0.717) is 35.1 Å². The summed E-state index contributed by atoms with van der Waals surface area (Å²) < 4.78 is 11.4. The highest BCUT2D eigenvalue weighted by Crippen LogP contribution is 2.43. The first kappa shape index (κ1) is 21.4. The molecule has 1 aliphatic heterocycles. The highest BCUT2D eigenvalue weighted by atomic mass is 16.5. The topological polar surface area (TPSA) is 80.0 Å². The summed E-state index contributed by atoms with van der Waals surface area (Å²) in [5.74, 6) is -0.109. The number of amides is 1. The predicted octanol–water partition coefficient (Wildman–Crippen LogP) is 5.23. The Morgan fingerprint density at radius 2 is 1.81 bits per heavy atom. The largest absolute Gasteiger partial charge is 0.507 e. The van der Waals surface area contributed by atoms with Crippen molar-refractivity contribution in [2.24, 2.45) is 0 Å². The highest BCUT2D eigenvalue weighted by Gasteiger charge is 2.48. The molecule has 2 heterocycles. The van der Waals surface area contributed by atoms with Crippen molar-refractivity contribution < 1.29 is 23.8 Å². The molecule has 2 aromatic carbocycles. The Labute approximate surface area is 186 Å². The van der Waals surface area contributed by atoms with E-state index < -0.39 is 17.7 Å². The van der Waals surface area contributed by atoms with E-state index in [2.05, 4.69) is 0 Å². The lowest BCUT2D eigenvalue weighted by atomic mass is 9.97. The van der Waals surface area contributed by atoms with Crippen LogP contribution < -0.4 is 9.64 Å². The Balaban J connectivity index is 1.92. The quantitative estimate of drug-likeness (QED) is 0.340. The lowest BCUT2D eigenvalue weighted by molar-refractivity contribution is -0.132. The summed E-state index contributed by atoms with van der Waals surface area (Å²) in [7, 11) is 0. The van der Waals surface area contributed by atoms with Crippen LogP contribution in [-0.2, 0) is 9.59 Å². The molecule has 32 heavy (non-hydrogen) atoms. The molecule has 1 N–H and O–H groups in total. The number of hydrogen-bond donors (Lipinski definition) is 1. The zero-order valence-corrected chi connectivity index (χ0v) is 18.5. The molecule has 4 rings (SSSR count). The summed E-state index contributed by atoms with van der Waals surface area (Å²) in [6.45, 7) is 8.02. The van der Waals surface area contributed by atoms with E-state index in [1.165, 1.54) is 4.90 Å². The minimum absolute atomic E-state index is 0.00517. The van der Waals surface area contributed by atoms with Crippen LogP contribution in [0.2, 0.25) is 0 Å². The van der Waals surface area contributed by atoms with E-state index >= 15 is 0 Å². The third-order valence-electron chi connectivity index (χ3n) is 5.66. The molecule has 164 valence electrons. The van der Waals surface area contributed by atoms with Gasteiger partial charge >= 0.3 is 0 Å². The number of nitrogens with zero attached hydrogens (tertiary/aromatic N) is 1. The second-order valence-electron chi connectivity index (χ2n) is 7.85. The number of anilines is 1. The van der Waals surface area contributed by atoms with Gasteiger partial charge in [0.2, 0.25) is 0 Å². The van der Waals surface area contributed by atoms with Gasteiger partial charge in [-0.15, -0.1) is 0 Å². The number of benzene rings is 2. The molecule has 6 nitrogen and oxygen atoms in total. The van der Waals surface area contributed by atoms with Crippen molar-refractivity contribution in [3.05, 3.63) is 88.4 Å². The number of aliphatic hydroxyl groups excluding tert-OH is 1. The monoisotopic (exact) mass is 431 g/mol. The Kier molecular flexibility index (Phi) is 5.61. The average Bonchev–Trinajstić information content (AvgIpc) is 3.31. The first-order chi connectivity index (χ1) is 15.3. The third kappa shape index (κ3) is 3.68. The van der Waals surface area contributed by atoms with Crippen LogP contribution in [0.5, 0.6) is 5.75 Å². The number of Topliss-reactive ketones (excluding diaryl/α,β-unsaturated/α-hetero) is 1. The van der Waals surface area contributed by atoms with Crippen LogP contribution in [-0.4, -0.2) is 23.4 Å². The smallest absolute Gasteiger partial charge is 0.300 e. The fraction of sp³-hybridized carbons (Fsp3) is 0.231. The maximum atomic E-state index is 13.2.